The van der Waals surface area contributed by atoms with Gasteiger partial charge >= 0.3 is 0 Å². The highest BCUT2D eigenvalue weighted by Crippen LogP contribution is 2.20. The third-order valence-corrected chi connectivity index (χ3v) is 5.67. The smallest absolute Gasteiger partial charge is 0.240 e. The maximum Gasteiger partial charge on any atom is 0.240 e. The second-order valence-corrected chi connectivity index (χ2v) is 8.29. The topological polar surface area (TPSA) is 91.4 Å². The van der Waals surface area contributed by atoms with Crippen LogP contribution in [0.3, 0.4) is 0 Å². The van der Waals surface area contributed by atoms with E-state index in [1.165, 1.54) is 16.2 Å². The van der Waals surface area contributed by atoms with E-state index in [0.29, 0.717) is 17.4 Å². The van der Waals surface area contributed by atoms with Gasteiger partial charge < -0.3 is 15.5 Å². The summed E-state index contributed by atoms with van der Waals surface area (Å²) in [5.74, 6) is -0.855. The van der Waals surface area contributed by atoms with Crippen molar-refractivity contribution in [1.82, 2.24) is 10.3 Å². The van der Waals surface area contributed by atoms with E-state index < -0.39 is 0 Å². The molecule has 3 rings (SSSR count). The molecule has 0 aliphatic carbocycles. The van der Waals surface area contributed by atoms with Crippen molar-refractivity contribution in [2.45, 2.75) is 33.2 Å². The van der Waals surface area contributed by atoms with E-state index in [0.717, 1.165) is 16.7 Å². The van der Waals surface area contributed by atoms with Crippen LogP contribution >= 0.6 is 11.3 Å². The highest BCUT2D eigenvalue weighted by atomic mass is 32.1. The van der Waals surface area contributed by atoms with Crippen molar-refractivity contribution < 1.29 is 14.4 Å². The molecule has 0 aliphatic heterocycles. The van der Waals surface area contributed by atoms with Gasteiger partial charge in [0.1, 0.15) is 6.54 Å². The number of hydrogen-bond acceptors (Lipinski definition) is 5. The fourth-order valence-corrected chi connectivity index (χ4v) is 3.58. The normalized spacial score (nSPS) is 10.4. The Kier molecular flexibility index (Phi) is 8.10. The summed E-state index contributed by atoms with van der Waals surface area (Å²) in [6.07, 6.45) is 1.59. The Morgan fingerprint density at radius 3 is 2.44 bits per heavy atom. The molecule has 2 N–H and O–H groups in total. The first-order valence-corrected chi connectivity index (χ1v) is 11.2. The first-order chi connectivity index (χ1) is 15.4. The molecule has 0 saturated carbocycles. The summed E-state index contributed by atoms with van der Waals surface area (Å²) in [6.45, 7) is 4.20. The molecule has 3 amide bonds. The van der Waals surface area contributed by atoms with Gasteiger partial charge in [0.2, 0.25) is 17.7 Å². The molecule has 0 spiro atoms. The van der Waals surface area contributed by atoms with Crippen LogP contribution in [0.2, 0.25) is 0 Å². The number of anilines is 2. The highest BCUT2D eigenvalue weighted by Gasteiger charge is 2.21. The lowest BCUT2D eigenvalue weighted by atomic mass is 10.1. The molecule has 166 valence electrons. The molecule has 0 bridgehead atoms. The molecule has 0 saturated heterocycles. The molecular formula is C24H26N4O3S. The van der Waals surface area contributed by atoms with E-state index in [1.807, 2.05) is 62.4 Å². The third-order valence-electron chi connectivity index (χ3n) is 4.98. The lowest BCUT2D eigenvalue weighted by molar-refractivity contribution is -0.125. The standard InChI is InChI=1S/C24H26N4O3S/c1-17-8-9-20(14-18(17)2)28(16-22(30)26-15-19-6-4-3-5-7-19)23(31)11-10-21(29)27-24-25-12-13-32-24/h3-9,12-14H,10-11,15-16H2,1-2H3,(H,26,30)(H,25,27,29). The molecule has 7 nitrogen and oxygen atoms in total. The van der Waals surface area contributed by atoms with Crippen LogP contribution < -0.4 is 15.5 Å². The van der Waals surface area contributed by atoms with Gasteiger partial charge in [-0.2, -0.15) is 0 Å². The number of aryl methyl sites for hydroxylation is 2. The van der Waals surface area contributed by atoms with Crippen molar-refractivity contribution in [3.05, 3.63) is 76.8 Å². The summed E-state index contributed by atoms with van der Waals surface area (Å²) >= 11 is 1.31. The van der Waals surface area contributed by atoms with Gasteiger partial charge in [-0.15, -0.1) is 11.3 Å². The minimum atomic E-state index is -0.294. The van der Waals surface area contributed by atoms with Crippen LogP contribution in [0, 0.1) is 13.8 Å². The van der Waals surface area contributed by atoms with Crippen LogP contribution in [-0.4, -0.2) is 29.3 Å². The summed E-state index contributed by atoms with van der Waals surface area (Å²) < 4.78 is 0. The van der Waals surface area contributed by atoms with Crippen molar-refractivity contribution in [1.29, 1.82) is 0 Å². The first kappa shape index (κ1) is 23.1. The maximum absolute atomic E-state index is 13.0. The van der Waals surface area contributed by atoms with Gasteiger partial charge in [-0.3, -0.25) is 14.4 Å². The fraction of sp³-hybridized carbons (Fsp3) is 0.250. The second kappa shape index (κ2) is 11.2. The number of hydrogen-bond donors (Lipinski definition) is 2. The molecule has 2 aromatic carbocycles. The molecule has 0 fully saturated rings. The monoisotopic (exact) mass is 450 g/mol. The highest BCUT2D eigenvalue weighted by molar-refractivity contribution is 7.13. The van der Waals surface area contributed by atoms with E-state index in [4.69, 9.17) is 0 Å². The predicted molar refractivity (Wildman–Crippen MR) is 127 cm³/mol. The van der Waals surface area contributed by atoms with Gasteiger partial charge in [0, 0.05) is 36.7 Å². The Balaban J connectivity index is 1.65. The first-order valence-electron chi connectivity index (χ1n) is 10.3. The predicted octanol–water partition coefficient (Wildman–Crippen LogP) is 3.83. The molecule has 1 heterocycles. The van der Waals surface area contributed by atoms with E-state index in [2.05, 4.69) is 15.6 Å². The second-order valence-electron chi connectivity index (χ2n) is 7.40. The van der Waals surface area contributed by atoms with Gasteiger partial charge in [-0.25, -0.2) is 4.98 Å². The number of benzene rings is 2. The van der Waals surface area contributed by atoms with Crippen molar-refractivity contribution in [2.75, 3.05) is 16.8 Å². The van der Waals surface area contributed by atoms with Crippen LogP contribution in [0.4, 0.5) is 10.8 Å². The molecule has 0 atom stereocenters. The average molecular weight is 451 g/mol. The molecule has 0 unspecified atom stereocenters. The number of nitrogens with zero attached hydrogens (tertiary/aromatic N) is 2. The minimum Gasteiger partial charge on any atom is -0.350 e. The van der Waals surface area contributed by atoms with Gasteiger partial charge in [0.05, 0.1) is 0 Å². The number of carbonyl (C=O) groups excluding carboxylic acids is 3. The zero-order valence-corrected chi connectivity index (χ0v) is 18.9. The lowest BCUT2D eigenvalue weighted by Crippen LogP contribution is -2.41. The quantitative estimate of drug-likeness (QED) is 0.518. The zero-order chi connectivity index (χ0) is 22.9. The number of thiazole rings is 1. The van der Waals surface area contributed by atoms with E-state index >= 15 is 0 Å². The molecule has 3 aromatic rings. The van der Waals surface area contributed by atoms with Crippen LogP contribution in [0.5, 0.6) is 0 Å². The van der Waals surface area contributed by atoms with Gasteiger partial charge in [-0.05, 0) is 42.7 Å². The van der Waals surface area contributed by atoms with Crippen LogP contribution in [0.15, 0.2) is 60.1 Å². The molecule has 0 radical (unpaired) electrons. The Morgan fingerprint density at radius 1 is 0.969 bits per heavy atom. The molecular weight excluding hydrogens is 424 g/mol. The Morgan fingerprint density at radius 2 is 1.75 bits per heavy atom. The molecule has 8 heteroatoms. The van der Waals surface area contributed by atoms with E-state index in [9.17, 15) is 14.4 Å². The lowest BCUT2D eigenvalue weighted by Gasteiger charge is -2.23. The Labute approximate surface area is 191 Å². The van der Waals surface area contributed by atoms with E-state index in [1.54, 1.807) is 11.6 Å². The number of nitrogens with one attached hydrogen (secondary N) is 2. The molecule has 0 aliphatic rings. The third kappa shape index (κ3) is 6.75. The average Bonchev–Trinajstić information content (AvgIpc) is 3.30. The number of amides is 3. The zero-order valence-electron chi connectivity index (χ0n) is 18.1. The number of carbonyl (C=O) groups is 3. The summed E-state index contributed by atoms with van der Waals surface area (Å²) in [6, 6.07) is 15.2. The Bertz CT molecular complexity index is 1070. The summed E-state index contributed by atoms with van der Waals surface area (Å²) in [7, 11) is 0. The van der Waals surface area contributed by atoms with Crippen LogP contribution in [0.25, 0.3) is 0 Å². The fourth-order valence-electron chi connectivity index (χ4n) is 3.04. The van der Waals surface area contributed by atoms with Gasteiger partial charge in [0.15, 0.2) is 5.13 Å². The van der Waals surface area contributed by atoms with Crippen molar-refractivity contribution in [2.24, 2.45) is 0 Å². The number of aromatic nitrogens is 1. The van der Waals surface area contributed by atoms with Gasteiger partial charge in [-0.1, -0.05) is 36.4 Å². The summed E-state index contributed by atoms with van der Waals surface area (Å²) in [4.78, 5) is 43.2. The van der Waals surface area contributed by atoms with Crippen molar-refractivity contribution in [3.8, 4) is 0 Å². The maximum atomic E-state index is 13.0. The summed E-state index contributed by atoms with van der Waals surface area (Å²) in [5, 5.41) is 7.78. The Hall–Kier alpha value is -3.52. The van der Waals surface area contributed by atoms with Crippen molar-refractivity contribution >= 4 is 39.9 Å². The largest absolute Gasteiger partial charge is 0.350 e. The summed E-state index contributed by atoms with van der Waals surface area (Å²) in [5.41, 5.74) is 3.72. The van der Waals surface area contributed by atoms with Gasteiger partial charge in [0.25, 0.3) is 0 Å². The van der Waals surface area contributed by atoms with E-state index in [-0.39, 0.29) is 37.1 Å². The molecule has 32 heavy (non-hydrogen) atoms. The molecule has 1 aromatic heterocycles. The van der Waals surface area contributed by atoms with Crippen LogP contribution in [0.1, 0.15) is 29.5 Å². The number of rotatable bonds is 9. The SMILES string of the molecule is Cc1ccc(N(CC(=O)NCc2ccccc2)C(=O)CCC(=O)Nc2nccs2)cc1C. The minimum absolute atomic E-state index is 0.00535. The van der Waals surface area contributed by atoms with Crippen LogP contribution in [-0.2, 0) is 20.9 Å². The van der Waals surface area contributed by atoms with Crippen molar-refractivity contribution in [3.63, 3.8) is 0 Å².